The van der Waals surface area contributed by atoms with Crippen LogP contribution < -0.4 is 15.1 Å². The van der Waals surface area contributed by atoms with E-state index >= 15 is 4.39 Å². The van der Waals surface area contributed by atoms with Crippen molar-refractivity contribution in [2.75, 3.05) is 56.2 Å². The van der Waals surface area contributed by atoms with Crippen molar-refractivity contribution in [2.24, 2.45) is 0 Å². The lowest BCUT2D eigenvalue weighted by molar-refractivity contribution is 0.0788. The molecule has 2 aromatic carbocycles. The van der Waals surface area contributed by atoms with Crippen molar-refractivity contribution >= 4 is 33.4 Å². The number of pyridine rings is 1. The van der Waals surface area contributed by atoms with Crippen molar-refractivity contribution in [3.8, 4) is 23.6 Å². The summed E-state index contributed by atoms with van der Waals surface area (Å²) in [4.78, 5) is 18.2. The van der Waals surface area contributed by atoms with Gasteiger partial charge in [-0.3, -0.25) is 4.98 Å². The Kier molecular flexibility index (Phi) is 7.43. The number of aliphatic hydroxyl groups is 1. The molecule has 0 aliphatic carbocycles. The number of hydrogen-bond acceptors (Lipinski definition) is 8. The Morgan fingerprint density at radius 2 is 2.00 bits per heavy atom. The minimum atomic E-state index is -1.25. The first-order valence-electron chi connectivity index (χ1n) is 14.2. The van der Waals surface area contributed by atoms with Crippen LogP contribution in [0.2, 0.25) is 0 Å². The van der Waals surface area contributed by atoms with Gasteiger partial charge < -0.3 is 25.0 Å². The number of ether oxygens (including phenoxy) is 1. The molecule has 4 aromatic rings. The van der Waals surface area contributed by atoms with Crippen LogP contribution in [0.5, 0.6) is 0 Å². The summed E-state index contributed by atoms with van der Waals surface area (Å²) >= 11 is 0. The standard InChI is InChI=1S/C32H34F2N6O2/c1-5-22-25(33)9-8-19-15-20(32(2,3)41)16-23(26(19)22)28-27(34)29-24(17-36-28)30(39(4)18-21-7-6-10-35-21)38-31(37-29)40-11-13-42-14-12-40/h1,8-9,15-17,21,35,41H,6-7,10-14,18H2,2-4H3/t21-/m0/s1. The molecule has 2 N–H and O–H groups in total. The van der Waals surface area contributed by atoms with Crippen LogP contribution in [0.4, 0.5) is 20.5 Å². The van der Waals surface area contributed by atoms with E-state index in [1.54, 1.807) is 38.2 Å². The number of terminal acetylenes is 1. The lowest BCUT2D eigenvalue weighted by Gasteiger charge is -2.29. The van der Waals surface area contributed by atoms with Crippen LogP contribution in [0.3, 0.4) is 0 Å². The van der Waals surface area contributed by atoms with Crippen LogP contribution in [-0.2, 0) is 10.3 Å². The average molecular weight is 573 g/mol. The maximum atomic E-state index is 16.8. The molecule has 6 rings (SSSR count). The molecule has 0 bridgehead atoms. The van der Waals surface area contributed by atoms with E-state index in [-0.39, 0.29) is 22.3 Å². The Morgan fingerprint density at radius 1 is 1.21 bits per heavy atom. The van der Waals surface area contributed by atoms with Crippen LogP contribution in [0.15, 0.2) is 30.5 Å². The van der Waals surface area contributed by atoms with Crippen LogP contribution >= 0.6 is 0 Å². The predicted molar refractivity (Wildman–Crippen MR) is 161 cm³/mol. The van der Waals surface area contributed by atoms with E-state index in [4.69, 9.17) is 21.1 Å². The lowest BCUT2D eigenvalue weighted by atomic mass is 9.89. The Labute approximate surface area is 243 Å². The predicted octanol–water partition coefficient (Wildman–Crippen LogP) is 4.36. The highest BCUT2D eigenvalue weighted by atomic mass is 19.1. The fourth-order valence-corrected chi connectivity index (χ4v) is 5.87. The summed E-state index contributed by atoms with van der Waals surface area (Å²) in [6.07, 6.45) is 9.48. The third-order valence-corrected chi connectivity index (χ3v) is 8.14. The van der Waals surface area contributed by atoms with E-state index in [9.17, 15) is 9.50 Å². The van der Waals surface area contributed by atoms with Gasteiger partial charge in [-0.1, -0.05) is 12.0 Å². The number of morpholine rings is 1. The number of nitrogens with one attached hydrogen (secondary N) is 1. The summed E-state index contributed by atoms with van der Waals surface area (Å²) in [6.45, 7) is 7.16. The van der Waals surface area contributed by atoms with Gasteiger partial charge in [0.25, 0.3) is 0 Å². The number of anilines is 2. The van der Waals surface area contributed by atoms with Gasteiger partial charge in [-0.2, -0.15) is 4.98 Å². The molecule has 8 nitrogen and oxygen atoms in total. The average Bonchev–Trinajstić information content (AvgIpc) is 3.49. The fourth-order valence-electron chi connectivity index (χ4n) is 5.87. The van der Waals surface area contributed by atoms with E-state index in [0.29, 0.717) is 72.4 Å². The summed E-state index contributed by atoms with van der Waals surface area (Å²) in [7, 11) is 1.94. The zero-order valence-corrected chi connectivity index (χ0v) is 24.0. The molecule has 4 heterocycles. The Hall–Kier alpha value is -3.91. The fraction of sp³-hybridized carbons (Fsp3) is 0.406. The quantitative estimate of drug-likeness (QED) is 0.330. The smallest absolute Gasteiger partial charge is 0.228 e. The molecule has 2 aromatic heterocycles. The van der Waals surface area contributed by atoms with Crippen LogP contribution in [-0.4, -0.2) is 72.5 Å². The second-order valence-corrected chi connectivity index (χ2v) is 11.6. The first-order chi connectivity index (χ1) is 20.2. The number of nitrogens with zero attached hydrogens (tertiary/aromatic N) is 5. The number of halogens is 2. The maximum Gasteiger partial charge on any atom is 0.228 e. The highest BCUT2D eigenvalue weighted by Gasteiger charge is 2.27. The van der Waals surface area contributed by atoms with Crippen LogP contribution in [0.1, 0.15) is 37.8 Å². The molecule has 218 valence electrons. The van der Waals surface area contributed by atoms with Crippen molar-refractivity contribution in [3.63, 3.8) is 0 Å². The molecule has 10 heteroatoms. The minimum Gasteiger partial charge on any atom is -0.386 e. The molecule has 0 radical (unpaired) electrons. The van der Waals surface area contributed by atoms with Gasteiger partial charge in [0.05, 0.1) is 29.8 Å². The van der Waals surface area contributed by atoms with Crippen LogP contribution in [0, 0.1) is 24.0 Å². The van der Waals surface area contributed by atoms with Crippen molar-refractivity contribution in [3.05, 3.63) is 53.2 Å². The van der Waals surface area contributed by atoms with Crippen molar-refractivity contribution in [1.82, 2.24) is 20.3 Å². The van der Waals surface area contributed by atoms with E-state index in [1.807, 2.05) is 16.8 Å². The van der Waals surface area contributed by atoms with E-state index in [2.05, 4.69) is 16.2 Å². The number of hydrogen-bond donors (Lipinski definition) is 2. The van der Waals surface area contributed by atoms with E-state index < -0.39 is 17.2 Å². The molecule has 0 spiro atoms. The number of benzene rings is 2. The second kappa shape index (κ2) is 11.1. The van der Waals surface area contributed by atoms with Gasteiger partial charge in [-0.05, 0) is 62.4 Å². The number of rotatable bonds is 6. The summed E-state index contributed by atoms with van der Waals surface area (Å²) in [5, 5.41) is 15.8. The molecule has 42 heavy (non-hydrogen) atoms. The largest absolute Gasteiger partial charge is 0.386 e. The Morgan fingerprint density at radius 3 is 2.69 bits per heavy atom. The molecule has 1 atom stereocenters. The van der Waals surface area contributed by atoms with Gasteiger partial charge >= 0.3 is 0 Å². The first-order valence-corrected chi connectivity index (χ1v) is 14.2. The monoisotopic (exact) mass is 572 g/mol. The Balaban J connectivity index is 1.59. The van der Waals surface area contributed by atoms with Gasteiger partial charge in [0, 0.05) is 49.9 Å². The molecule has 0 unspecified atom stereocenters. The third kappa shape index (κ3) is 5.13. The summed E-state index contributed by atoms with van der Waals surface area (Å²) < 4.78 is 37.2. The molecule has 0 saturated carbocycles. The highest BCUT2D eigenvalue weighted by Crippen LogP contribution is 2.39. The summed E-state index contributed by atoms with van der Waals surface area (Å²) in [5.41, 5.74) is -0.365. The van der Waals surface area contributed by atoms with Crippen molar-refractivity contribution < 1.29 is 18.6 Å². The molecular formula is C32H34F2N6O2. The topological polar surface area (TPSA) is 86.6 Å². The van der Waals surface area contributed by atoms with E-state index in [0.717, 1.165) is 19.4 Å². The van der Waals surface area contributed by atoms with E-state index in [1.165, 1.54) is 6.07 Å². The normalized spacial score (nSPS) is 17.6. The Bertz CT molecular complexity index is 1700. The minimum absolute atomic E-state index is 0.00673. The van der Waals surface area contributed by atoms with Gasteiger partial charge in [-0.25, -0.2) is 13.8 Å². The lowest BCUT2D eigenvalue weighted by Crippen LogP contribution is -2.38. The van der Waals surface area contributed by atoms with Gasteiger partial charge in [-0.15, -0.1) is 6.42 Å². The van der Waals surface area contributed by atoms with Gasteiger partial charge in [0.2, 0.25) is 5.95 Å². The maximum absolute atomic E-state index is 16.8. The van der Waals surface area contributed by atoms with Gasteiger partial charge in [0.1, 0.15) is 22.8 Å². The molecule has 2 aliphatic rings. The number of aromatic nitrogens is 3. The van der Waals surface area contributed by atoms with Gasteiger partial charge in [0.15, 0.2) is 5.82 Å². The number of fused-ring (bicyclic) bond motifs is 2. The highest BCUT2D eigenvalue weighted by molar-refractivity contribution is 6.02. The van der Waals surface area contributed by atoms with Crippen LogP contribution in [0.25, 0.3) is 32.9 Å². The molecule has 2 saturated heterocycles. The van der Waals surface area contributed by atoms with Crippen molar-refractivity contribution in [1.29, 1.82) is 0 Å². The molecule has 2 aliphatic heterocycles. The first kappa shape index (κ1) is 28.2. The third-order valence-electron chi connectivity index (χ3n) is 8.14. The SMILES string of the molecule is C#Cc1c(F)ccc2cc(C(C)(C)O)cc(-c3ncc4c(N(C)C[C@@H]5CCCN5)nc(N5CCOCC5)nc4c3F)c12. The van der Waals surface area contributed by atoms with Crippen molar-refractivity contribution in [2.45, 2.75) is 38.3 Å². The summed E-state index contributed by atoms with van der Waals surface area (Å²) in [5.74, 6) is 2.16. The zero-order chi connectivity index (χ0) is 29.6. The molecular weight excluding hydrogens is 538 g/mol. The molecule has 0 amide bonds. The molecule has 2 fully saturated rings. The zero-order valence-electron chi connectivity index (χ0n) is 24.0. The number of likely N-dealkylation sites (N-methyl/N-ethyl adjacent to an activating group) is 1. The second-order valence-electron chi connectivity index (χ2n) is 11.6. The summed E-state index contributed by atoms with van der Waals surface area (Å²) in [6, 6.07) is 6.52.